The summed E-state index contributed by atoms with van der Waals surface area (Å²) in [7, 11) is 2.04. The van der Waals surface area contributed by atoms with Crippen LogP contribution in [0.2, 0.25) is 0 Å². The first-order valence-corrected chi connectivity index (χ1v) is 7.27. The van der Waals surface area contributed by atoms with Crippen LogP contribution in [0.1, 0.15) is 5.56 Å². The van der Waals surface area contributed by atoms with Crippen molar-refractivity contribution >= 4 is 0 Å². The molecule has 0 spiro atoms. The molecule has 108 valence electrons. The molecule has 0 fully saturated rings. The van der Waals surface area contributed by atoms with Crippen molar-refractivity contribution in [1.29, 1.82) is 0 Å². The lowest BCUT2D eigenvalue weighted by Gasteiger charge is -2.21. The van der Waals surface area contributed by atoms with E-state index in [0.29, 0.717) is 0 Å². The van der Waals surface area contributed by atoms with E-state index in [2.05, 4.69) is 23.6 Å². The van der Waals surface area contributed by atoms with E-state index in [-0.39, 0.29) is 0 Å². The highest BCUT2D eigenvalue weighted by Crippen LogP contribution is 2.46. The summed E-state index contributed by atoms with van der Waals surface area (Å²) >= 11 is 0. The highest BCUT2D eigenvalue weighted by Gasteiger charge is 2.22. The van der Waals surface area contributed by atoms with Gasteiger partial charge in [-0.25, -0.2) is 4.57 Å². The van der Waals surface area contributed by atoms with Gasteiger partial charge in [-0.2, -0.15) is 0 Å². The van der Waals surface area contributed by atoms with E-state index < -0.39 is 0 Å². The fourth-order valence-corrected chi connectivity index (χ4v) is 2.76. The van der Waals surface area contributed by atoms with Crippen LogP contribution < -0.4 is 14.0 Å². The number of rotatable bonds is 1. The number of ether oxygens (including phenoxy) is 2. The molecule has 22 heavy (non-hydrogen) atoms. The number of benzene rings is 2. The highest BCUT2D eigenvalue weighted by molar-refractivity contribution is 5.68. The Morgan fingerprint density at radius 3 is 2.09 bits per heavy atom. The van der Waals surface area contributed by atoms with Gasteiger partial charge in [0.25, 0.3) is 0 Å². The van der Waals surface area contributed by atoms with E-state index >= 15 is 0 Å². The van der Waals surface area contributed by atoms with Gasteiger partial charge in [0.15, 0.2) is 29.2 Å². The van der Waals surface area contributed by atoms with Gasteiger partial charge < -0.3 is 9.47 Å². The molecule has 0 bridgehead atoms. The summed E-state index contributed by atoms with van der Waals surface area (Å²) in [6.07, 6.45) is 2.04. The third-order valence-corrected chi connectivity index (χ3v) is 3.91. The maximum atomic E-state index is 6.00. The Bertz CT molecular complexity index is 871. The molecule has 3 heteroatoms. The summed E-state index contributed by atoms with van der Waals surface area (Å²) in [5.74, 6) is 3.02. The van der Waals surface area contributed by atoms with E-state index in [9.17, 15) is 0 Å². The highest BCUT2D eigenvalue weighted by atomic mass is 16.6. The molecule has 0 N–H and O–H groups in total. The normalized spacial score (nSPS) is 11.9. The molecule has 2 heterocycles. The van der Waals surface area contributed by atoms with E-state index in [0.717, 1.165) is 39.8 Å². The van der Waals surface area contributed by atoms with E-state index in [4.69, 9.17) is 9.47 Å². The van der Waals surface area contributed by atoms with Gasteiger partial charge in [0.05, 0.1) is 5.56 Å². The molecule has 0 radical (unpaired) electrons. The minimum Gasteiger partial charge on any atom is -0.450 e. The topological polar surface area (TPSA) is 22.3 Å². The quantitative estimate of drug-likeness (QED) is 0.485. The molecule has 0 aliphatic carbocycles. The third-order valence-electron chi connectivity index (χ3n) is 3.91. The number of aromatic nitrogens is 1. The average molecular weight is 290 g/mol. The molecule has 0 saturated carbocycles. The van der Waals surface area contributed by atoms with Crippen LogP contribution in [0.15, 0.2) is 60.8 Å². The number of hydrogen-bond acceptors (Lipinski definition) is 2. The second-order valence-electron chi connectivity index (χ2n) is 5.46. The number of para-hydroxylation sites is 2. The number of fused-ring (bicyclic) bond motifs is 2. The summed E-state index contributed by atoms with van der Waals surface area (Å²) in [6, 6.07) is 18.0. The average Bonchev–Trinajstić information content (AvgIpc) is 2.53. The predicted octanol–water partition coefficient (Wildman–Crippen LogP) is 4.38. The summed E-state index contributed by atoms with van der Waals surface area (Å²) < 4.78 is 14.1. The van der Waals surface area contributed by atoms with Crippen LogP contribution in [0.5, 0.6) is 23.0 Å². The number of nitrogens with zero attached hydrogens (tertiary/aromatic N) is 1. The summed E-state index contributed by atoms with van der Waals surface area (Å²) in [5.41, 5.74) is 3.44. The molecule has 1 aliphatic heterocycles. The van der Waals surface area contributed by atoms with Gasteiger partial charge in [0.2, 0.25) is 5.69 Å². The third kappa shape index (κ3) is 2.02. The van der Waals surface area contributed by atoms with Crippen molar-refractivity contribution in [3.63, 3.8) is 0 Å². The Morgan fingerprint density at radius 2 is 1.41 bits per heavy atom. The lowest BCUT2D eigenvalue weighted by molar-refractivity contribution is -0.660. The van der Waals surface area contributed by atoms with Gasteiger partial charge in [-0.15, -0.1) is 0 Å². The molecule has 3 nitrogen and oxygen atoms in total. The Balaban J connectivity index is 1.84. The SMILES string of the molecule is Cc1cc2c(cc1-c1cccc[n+]1C)Oc1ccccc1O2. The van der Waals surface area contributed by atoms with Crippen LogP contribution in [-0.4, -0.2) is 0 Å². The Hall–Kier alpha value is -2.81. The summed E-state index contributed by atoms with van der Waals surface area (Å²) in [4.78, 5) is 0. The van der Waals surface area contributed by atoms with Crippen LogP contribution in [-0.2, 0) is 7.05 Å². The van der Waals surface area contributed by atoms with Gasteiger partial charge in [0, 0.05) is 12.1 Å². The fourth-order valence-electron chi connectivity index (χ4n) is 2.76. The number of hydrogen-bond donors (Lipinski definition) is 0. The van der Waals surface area contributed by atoms with Gasteiger partial charge in [0.1, 0.15) is 7.05 Å². The predicted molar refractivity (Wildman–Crippen MR) is 84.4 cm³/mol. The number of pyridine rings is 1. The number of aryl methyl sites for hydroxylation is 2. The van der Waals surface area contributed by atoms with Gasteiger partial charge in [-0.05, 0) is 42.8 Å². The standard InChI is InChI=1S/C19H16NO2/c1-13-11-18-19(22-17-9-4-3-8-16(17)21-18)12-14(13)15-7-5-6-10-20(15)2/h3-12H,1-2H3/q+1. The van der Waals surface area contributed by atoms with Crippen molar-refractivity contribution in [2.75, 3.05) is 0 Å². The minimum absolute atomic E-state index is 0.752. The molecule has 0 saturated heterocycles. The Morgan fingerprint density at radius 1 is 0.773 bits per heavy atom. The molecule has 2 aromatic carbocycles. The van der Waals surface area contributed by atoms with E-state index in [1.54, 1.807) is 0 Å². The van der Waals surface area contributed by atoms with Crippen molar-refractivity contribution in [2.45, 2.75) is 6.92 Å². The van der Waals surface area contributed by atoms with E-state index in [1.807, 2.05) is 55.7 Å². The van der Waals surface area contributed by atoms with Crippen molar-refractivity contribution in [3.8, 4) is 34.3 Å². The van der Waals surface area contributed by atoms with Crippen molar-refractivity contribution in [3.05, 3.63) is 66.4 Å². The van der Waals surface area contributed by atoms with Crippen molar-refractivity contribution in [1.82, 2.24) is 0 Å². The largest absolute Gasteiger partial charge is 0.450 e. The first-order valence-electron chi connectivity index (χ1n) is 7.27. The smallest absolute Gasteiger partial charge is 0.212 e. The van der Waals surface area contributed by atoms with Gasteiger partial charge in [-0.1, -0.05) is 12.1 Å². The van der Waals surface area contributed by atoms with Gasteiger partial charge in [-0.3, -0.25) is 0 Å². The zero-order valence-corrected chi connectivity index (χ0v) is 12.5. The maximum Gasteiger partial charge on any atom is 0.212 e. The van der Waals surface area contributed by atoms with E-state index in [1.165, 1.54) is 0 Å². The molecule has 1 aromatic heterocycles. The molecule has 4 rings (SSSR count). The molecule has 0 atom stereocenters. The Labute approximate surface area is 129 Å². The fraction of sp³-hybridized carbons (Fsp3) is 0.105. The van der Waals surface area contributed by atoms with Gasteiger partial charge >= 0.3 is 0 Å². The zero-order chi connectivity index (χ0) is 15.1. The first-order chi connectivity index (χ1) is 10.7. The zero-order valence-electron chi connectivity index (χ0n) is 12.5. The molecule has 0 amide bonds. The molecule has 1 aliphatic rings. The van der Waals surface area contributed by atoms with Crippen LogP contribution in [0.3, 0.4) is 0 Å². The first kappa shape index (κ1) is 12.9. The van der Waals surface area contributed by atoms with Crippen LogP contribution in [0, 0.1) is 6.92 Å². The second-order valence-corrected chi connectivity index (χ2v) is 5.46. The summed E-state index contributed by atoms with van der Waals surface area (Å²) in [6.45, 7) is 2.09. The lowest BCUT2D eigenvalue weighted by Crippen LogP contribution is -2.30. The van der Waals surface area contributed by atoms with Crippen LogP contribution in [0.25, 0.3) is 11.3 Å². The maximum absolute atomic E-state index is 6.00. The monoisotopic (exact) mass is 290 g/mol. The molecule has 0 unspecified atom stereocenters. The molecular formula is C19H16NO2+. The summed E-state index contributed by atoms with van der Waals surface area (Å²) in [5, 5.41) is 0. The molecular weight excluding hydrogens is 274 g/mol. The van der Waals surface area contributed by atoms with Crippen LogP contribution in [0.4, 0.5) is 0 Å². The van der Waals surface area contributed by atoms with Crippen LogP contribution >= 0.6 is 0 Å². The van der Waals surface area contributed by atoms with Crippen molar-refractivity contribution in [2.24, 2.45) is 7.05 Å². The Kier molecular flexibility index (Phi) is 2.86. The lowest BCUT2D eigenvalue weighted by atomic mass is 10.0. The molecule has 3 aromatic rings. The van der Waals surface area contributed by atoms with Crippen molar-refractivity contribution < 1.29 is 14.0 Å². The minimum atomic E-state index is 0.752. The second kappa shape index (κ2) is 4.88.